The minimum absolute atomic E-state index is 0.0803. The highest BCUT2D eigenvalue weighted by Crippen LogP contribution is 2.54. The highest BCUT2D eigenvalue weighted by molar-refractivity contribution is 6.30. The lowest BCUT2D eigenvalue weighted by Gasteiger charge is -2.33. The third kappa shape index (κ3) is 3.55. The molecule has 24 heavy (non-hydrogen) atoms. The number of alkyl halides is 9. The molecule has 0 saturated heterocycles. The Bertz CT molecular complexity index is 610. The second-order valence-corrected chi connectivity index (χ2v) is 5.02. The SMILES string of the molecule is O/N=C(\CC(F)(F)C(F)(F)C(F)(F)C(F)(F)F)c1ccc(Cl)cc1. The first-order valence-electron chi connectivity index (χ1n) is 5.84. The minimum atomic E-state index is -7.00. The van der Waals surface area contributed by atoms with Gasteiger partial charge in [-0.3, -0.25) is 0 Å². The molecule has 0 bridgehead atoms. The maximum absolute atomic E-state index is 13.5. The van der Waals surface area contributed by atoms with Crippen LogP contribution in [0, 0.1) is 0 Å². The second-order valence-electron chi connectivity index (χ2n) is 4.58. The van der Waals surface area contributed by atoms with E-state index in [2.05, 4.69) is 5.16 Å². The molecule has 0 saturated carbocycles. The summed E-state index contributed by atoms with van der Waals surface area (Å²) in [5.74, 6) is -19.6. The summed E-state index contributed by atoms with van der Waals surface area (Å²) in [6.45, 7) is 0. The molecule has 0 atom stereocenters. The van der Waals surface area contributed by atoms with Crippen LogP contribution in [0.3, 0.4) is 0 Å². The van der Waals surface area contributed by atoms with Gasteiger partial charge < -0.3 is 5.21 Å². The lowest BCUT2D eigenvalue weighted by Crippen LogP contribution is -2.61. The van der Waals surface area contributed by atoms with E-state index in [0.717, 1.165) is 24.3 Å². The van der Waals surface area contributed by atoms with Crippen LogP contribution in [-0.2, 0) is 0 Å². The summed E-state index contributed by atoms with van der Waals surface area (Å²) in [5, 5.41) is 11.0. The van der Waals surface area contributed by atoms with Crippen molar-refractivity contribution in [3.05, 3.63) is 34.9 Å². The number of nitrogens with zero attached hydrogens (tertiary/aromatic N) is 1. The second kappa shape index (κ2) is 6.34. The van der Waals surface area contributed by atoms with Gasteiger partial charge in [-0.05, 0) is 17.7 Å². The molecular formula is C12H7ClF9NO. The Balaban J connectivity index is 3.21. The van der Waals surface area contributed by atoms with Crippen LogP contribution in [0.15, 0.2) is 29.4 Å². The Kier molecular flexibility index (Phi) is 5.39. The first-order chi connectivity index (χ1) is 10.7. The normalized spacial score (nSPS) is 14.8. The number of halogens is 10. The van der Waals surface area contributed by atoms with Crippen LogP contribution in [0.2, 0.25) is 5.02 Å². The van der Waals surface area contributed by atoms with Crippen LogP contribution in [0.25, 0.3) is 0 Å². The maximum atomic E-state index is 13.5. The van der Waals surface area contributed by atoms with E-state index in [0.29, 0.717) is 0 Å². The van der Waals surface area contributed by atoms with Gasteiger partial charge in [0.25, 0.3) is 0 Å². The molecule has 1 rings (SSSR count). The van der Waals surface area contributed by atoms with Crippen molar-refractivity contribution in [1.29, 1.82) is 0 Å². The molecule has 0 radical (unpaired) electrons. The van der Waals surface area contributed by atoms with E-state index in [-0.39, 0.29) is 5.02 Å². The summed E-state index contributed by atoms with van der Waals surface area (Å²) < 4.78 is 115. The van der Waals surface area contributed by atoms with E-state index in [9.17, 15) is 39.5 Å². The van der Waals surface area contributed by atoms with Crippen molar-refractivity contribution in [3.8, 4) is 0 Å². The lowest BCUT2D eigenvalue weighted by molar-refractivity contribution is -0.394. The average Bonchev–Trinajstić information content (AvgIpc) is 2.44. The molecule has 0 amide bonds. The van der Waals surface area contributed by atoms with Gasteiger partial charge in [-0.25, -0.2) is 0 Å². The van der Waals surface area contributed by atoms with Gasteiger partial charge in [0.15, 0.2) is 0 Å². The van der Waals surface area contributed by atoms with Gasteiger partial charge in [-0.2, -0.15) is 39.5 Å². The number of oxime groups is 1. The molecule has 12 heteroatoms. The Morgan fingerprint density at radius 3 is 1.71 bits per heavy atom. The first kappa shape index (κ1) is 20.4. The zero-order valence-electron chi connectivity index (χ0n) is 11.2. The van der Waals surface area contributed by atoms with E-state index in [1.807, 2.05) is 0 Å². The molecule has 0 unspecified atom stereocenters. The van der Waals surface area contributed by atoms with Crippen molar-refractivity contribution in [3.63, 3.8) is 0 Å². The summed E-state index contributed by atoms with van der Waals surface area (Å²) in [6, 6.07) is 3.99. The van der Waals surface area contributed by atoms with Crippen LogP contribution in [-0.4, -0.2) is 34.9 Å². The zero-order valence-corrected chi connectivity index (χ0v) is 11.9. The van der Waals surface area contributed by atoms with Crippen molar-refractivity contribution in [2.24, 2.45) is 5.16 Å². The zero-order chi connectivity index (χ0) is 19.0. The molecule has 0 fully saturated rings. The molecule has 0 aliphatic rings. The van der Waals surface area contributed by atoms with Crippen LogP contribution in [0.5, 0.6) is 0 Å². The van der Waals surface area contributed by atoms with Gasteiger partial charge >= 0.3 is 23.9 Å². The van der Waals surface area contributed by atoms with E-state index in [1.165, 1.54) is 0 Å². The smallest absolute Gasteiger partial charge is 0.411 e. The molecule has 0 aliphatic heterocycles. The predicted molar refractivity (Wildman–Crippen MR) is 65.3 cm³/mol. The molecule has 1 N–H and O–H groups in total. The summed E-state index contributed by atoms with van der Waals surface area (Å²) in [6.07, 6.45) is -9.28. The summed E-state index contributed by atoms with van der Waals surface area (Å²) in [5.41, 5.74) is -1.65. The van der Waals surface area contributed by atoms with E-state index >= 15 is 0 Å². The van der Waals surface area contributed by atoms with Gasteiger partial charge in [-0.1, -0.05) is 28.9 Å². The largest absolute Gasteiger partial charge is 0.460 e. The molecule has 0 spiro atoms. The molecule has 2 nitrogen and oxygen atoms in total. The highest BCUT2D eigenvalue weighted by Gasteiger charge is 2.81. The summed E-state index contributed by atoms with van der Waals surface area (Å²) in [4.78, 5) is 0. The van der Waals surface area contributed by atoms with Crippen LogP contribution in [0.4, 0.5) is 39.5 Å². The fourth-order valence-corrected chi connectivity index (χ4v) is 1.69. The van der Waals surface area contributed by atoms with Crippen LogP contribution < -0.4 is 0 Å². The first-order valence-corrected chi connectivity index (χ1v) is 6.22. The third-order valence-corrected chi connectivity index (χ3v) is 3.15. The quantitative estimate of drug-likeness (QED) is 0.313. The fourth-order valence-electron chi connectivity index (χ4n) is 1.57. The number of hydrogen-bond acceptors (Lipinski definition) is 2. The van der Waals surface area contributed by atoms with Gasteiger partial charge in [0.1, 0.15) is 0 Å². The van der Waals surface area contributed by atoms with Crippen molar-refractivity contribution < 1.29 is 44.7 Å². The summed E-state index contributed by atoms with van der Waals surface area (Å²) >= 11 is 5.48. The number of benzene rings is 1. The predicted octanol–water partition coefficient (Wildman–Crippen LogP) is 5.38. The van der Waals surface area contributed by atoms with E-state index in [4.69, 9.17) is 16.8 Å². The van der Waals surface area contributed by atoms with Crippen LogP contribution >= 0.6 is 11.6 Å². The molecule has 0 aromatic heterocycles. The fraction of sp³-hybridized carbons (Fsp3) is 0.417. The number of rotatable bonds is 5. The van der Waals surface area contributed by atoms with Gasteiger partial charge in [0.05, 0.1) is 12.1 Å². The average molecular weight is 388 g/mol. The lowest BCUT2D eigenvalue weighted by atomic mass is 9.96. The van der Waals surface area contributed by atoms with Crippen LogP contribution in [0.1, 0.15) is 12.0 Å². The van der Waals surface area contributed by atoms with Gasteiger partial charge in [-0.15, -0.1) is 0 Å². The monoisotopic (exact) mass is 387 g/mol. The molecule has 1 aromatic carbocycles. The Hall–Kier alpha value is -1.65. The van der Waals surface area contributed by atoms with Crippen molar-refractivity contribution in [2.45, 2.75) is 30.4 Å². The third-order valence-electron chi connectivity index (χ3n) is 2.90. The van der Waals surface area contributed by atoms with Crippen molar-refractivity contribution in [2.75, 3.05) is 0 Å². The molecular weight excluding hydrogens is 381 g/mol. The highest BCUT2D eigenvalue weighted by atomic mass is 35.5. The minimum Gasteiger partial charge on any atom is -0.411 e. The standard InChI is InChI=1S/C12H7ClF9NO/c13-7-3-1-6(2-4-7)8(23-24)5-9(14,15)10(16,17)11(18,19)12(20,21)22/h1-4,24H,5H2/b23-8+. The summed E-state index contributed by atoms with van der Waals surface area (Å²) in [7, 11) is 0. The van der Waals surface area contributed by atoms with Crippen molar-refractivity contribution >= 4 is 17.3 Å². The Morgan fingerprint density at radius 2 is 1.33 bits per heavy atom. The molecule has 0 aliphatic carbocycles. The van der Waals surface area contributed by atoms with E-state index in [1.54, 1.807) is 0 Å². The Morgan fingerprint density at radius 1 is 0.875 bits per heavy atom. The van der Waals surface area contributed by atoms with E-state index < -0.39 is 41.6 Å². The van der Waals surface area contributed by atoms with Gasteiger partial charge in [0, 0.05) is 5.02 Å². The molecule has 136 valence electrons. The topological polar surface area (TPSA) is 32.6 Å². The van der Waals surface area contributed by atoms with Gasteiger partial charge in [0.2, 0.25) is 0 Å². The molecule has 0 heterocycles. The number of hydrogen-bond donors (Lipinski definition) is 1. The maximum Gasteiger partial charge on any atom is 0.460 e. The molecule has 1 aromatic rings. The Labute approximate surface area is 133 Å². The van der Waals surface area contributed by atoms with Crippen molar-refractivity contribution in [1.82, 2.24) is 0 Å².